The highest BCUT2D eigenvalue weighted by Crippen LogP contribution is 2.29. The third-order valence-electron chi connectivity index (χ3n) is 5.77. The van der Waals surface area contributed by atoms with Crippen LogP contribution in [0.5, 0.6) is 11.5 Å². The predicted molar refractivity (Wildman–Crippen MR) is 138 cm³/mol. The van der Waals surface area contributed by atoms with Gasteiger partial charge in [-0.1, -0.05) is 12.1 Å². The Bertz CT molecular complexity index is 1300. The van der Waals surface area contributed by atoms with Crippen LogP contribution in [-0.2, 0) is 9.59 Å². The molecule has 4 rings (SSSR count). The number of carbonyl (C=O) groups is 3. The number of benzene rings is 2. The molecule has 0 aliphatic carbocycles. The van der Waals surface area contributed by atoms with Crippen LogP contribution >= 0.6 is 11.3 Å². The molecular weight excluding hydrogens is 539 g/mol. The number of nitrogens with one attached hydrogen (secondary N) is 1. The van der Waals surface area contributed by atoms with Crippen molar-refractivity contribution in [2.45, 2.75) is 31.5 Å². The summed E-state index contributed by atoms with van der Waals surface area (Å²) in [5, 5.41) is 12.4. The number of thiazole rings is 1. The molecule has 9 nitrogen and oxygen atoms in total. The highest BCUT2D eigenvalue weighted by molar-refractivity contribution is 7.14. The van der Waals surface area contributed by atoms with E-state index >= 15 is 0 Å². The molecule has 3 aromatic rings. The first-order valence-corrected chi connectivity index (χ1v) is 12.6. The molecule has 2 aromatic carbocycles. The number of aromatic nitrogens is 1. The minimum atomic E-state index is -5.08. The molecule has 13 heteroatoms. The summed E-state index contributed by atoms with van der Waals surface area (Å²) in [7, 11) is 3.16. The first-order chi connectivity index (χ1) is 18.5. The van der Waals surface area contributed by atoms with Gasteiger partial charge in [-0.05, 0) is 55.7 Å². The van der Waals surface area contributed by atoms with Gasteiger partial charge in [0, 0.05) is 17.5 Å². The topological polar surface area (TPSA) is 118 Å². The second kappa shape index (κ2) is 13.1. The lowest BCUT2D eigenvalue weighted by atomic mass is 10.00. The fourth-order valence-electron chi connectivity index (χ4n) is 3.84. The molecule has 39 heavy (non-hydrogen) atoms. The summed E-state index contributed by atoms with van der Waals surface area (Å²) >= 11 is 1.36. The zero-order valence-electron chi connectivity index (χ0n) is 21.0. The van der Waals surface area contributed by atoms with E-state index in [4.69, 9.17) is 19.4 Å². The molecule has 0 spiro atoms. The molecule has 1 aromatic heterocycles. The van der Waals surface area contributed by atoms with Gasteiger partial charge in [-0.2, -0.15) is 13.2 Å². The van der Waals surface area contributed by atoms with Gasteiger partial charge in [0.15, 0.2) is 5.13 Å². The Kier molecular flexibility index (Phi) is 9.88. The monoisotopic (exact) mass is 565 g/mol. The van der Waals surface area contributed by atoms with Crippen LogP contribution in [0.15, 0.2) is 53.9 Å². The van der Waals surface area contributed by atoms with Gasteiger partial charge in [0.1, 0.15) is 17.5 Å². The predicted octanol–water partition coefficient (Wildman–Crippen LogP) is 5.09. The molecule has 1 fully saturated rings. The van der Waals surface area contributed by atoms with Crippen LogP contribution < -0.4 is 14.8 Å². The molecule has 0 saturated carbocycles. The van der Waals surface area contributed by atoms with Gasteiger partial charge in [0.2, 0.25) is 5.91 Å². The van der Waals surface area contributed by atoms with Crippen LogP contribution in [0.2, 0.25) is 0 Å². The van der Waals surface area contributed by atoms with Crippen molar-refractivity contribution < 1.29 is 42.1 Å². The van der Waals surface area contributed by atoms with Gasteiger partial charge < -0.3 is 24.8 Å². The van der Waals surface area contributed by atoms with Crippen LogP contribution in [0, 0.1) is 0 Å². The number of amides is 2. The molecule has 2 N–H and O–H groups in total. The van der Waals surface area contributed by atoms with Crippen LogP contribution in [0.1, 0.15) is 29.6 Å². The average molecular weight is 566 g/mol. The molecule has 0 unspecified atom stereocenters. The van der Waals surface area contributed by atoms with Gasteiger partial charge in [-0.15, -0.1) is 11.3 Å². The number of anilines is 1. The number of halogens is 3. The van der Waals surface area contributed by atoms with Gasteiger partial charge in [0.25, 0.3) is 5.91 Å². The Morgan fingerprint density at radius 3 is 2.33 bits per heavy atom. The zero-order valence-corrected chi connectivity index (χ0v) is 21.8. The third kappa shape index (κ3) is 7.69. The van der Waals surface area contributed by atoms with Crippen molar-refractivity contribution in [3.63, 3.8) is 0 Å². The first-order valence-electron chi connectivity index (χ1n) is 11.7. The lowest BCUT2D eigenvalue weighted by molar-refractivity contribution is -0.192. The van der Waals surface area contributed by atoms with Crippen molar-refractivity contribution in [1.82, 2.24) is 9.88 Å². The minimum Gasteiger partial charge on any atom is -0.497 e. The van der Waals surface area contributed by atoms with Crippen molar-refractivity contribution in [3.8, 4) is 22.8 Å². The van der Waals surface area contributed by atoms with Crippen LogP contribution in [-0.4, -0.2) is 65.8 Å². The number of piperidine rings is 1. The van der Waals surface area contributed by atoms with Gasteiger partial charge in [0.05, 0.1) is 25.5 Å². The van der Waals surface area contributed by atoms with E-state index in [0.29, 0.717) is 29.4 Å². The maximum atomic E-state index is 13.2. The number of carboxylic acids is 1. The van der Waals surface area contributed by atoms with Crippen molar-refractivity contribution >= 4 is 34.3 Å². The summed E-state index contributed by atoms with van der Waals surface area (Å²) in [5.41, 5.74) is 2.18. The molecule has 0 bridgehead atoms. The Hall–Kier alpha value is -4.13. The van der Waals surface area contributed by atoms with Gasteiger partial charge >= 0.3 is 12.1 Å². The molecular formula is C26H26F3N3O6S. The number of ether oxygens (including phenoxy) is 2. The van der Waals surface area contributed by atoms with Crippen LogP contribution in [0.4, 0.5) is 18.3 Å². The maximum Gasteiger partial charge on any atom is 0.490 e. The standard InChI is InChI=1S/C24H25N3O4S.C2HF3O2/c1-30-17-12-10-16(11-13-17)19-15-32-24(25-19)26-22(28)20-8-5-6-14-27(20)23(29)18-7-3-4-9-21(18)31-2;3-2(4,5)1(6)7/h3-4,7,9-13,15,20H,5-6,8,14H2,1-2H3,(H,25,26,28);(H,6,7)/t20-;/m1./s1. The Morgan fingerprint density at radius 2 is 1.72 bits per heavy atom. The molecule has 2 heterocycles. The molecule has 208 valence electrons. The largest absolute Gasteiger partial charge is 0.497 e. The first kappa shape index (κ1) is 29.4. The number of aliphatic carboxylic acids is 1. The van der Waals surface area contributed by atoms with Crippen molar-refractivity contribution in [2.75, 3.05) is 26.1 Å². The smallest absolute Gasteiger partial charge is 0.490 e. The minimum absolute atomic E-state index is 0.194. The van der Waals surface area contributed by atoms with E-state index < -0.39 is 18.2 Å². The number of carboxylic acid groups (broad SMARTS) is 1. The summed E-state index contributed by atoms with van der Waals surface area (Å²) in [6, 6.07) is 14.1. The van der Waals surface area contributed by atoms with E-state index in [1.165, 1.54) is 18.4 Å². The molecule has 0 radical (unpaired) electrons. The third-order valence-corrected chi connectivity index (χ3v) is 6.52. The van der Waals surface area contributed by atoms with E-state index in [1.807, 2.05) is 35.7 Å². The SMILES string of the molecule is COc1ccc(-c2csc(NC(=O)[C@H]3CCCCN3C(=O)c3ccccc3OC)n2)cc1.O=C(O)C(F)(F)F. The number of likely N-dealkylation sites (tertiary alicyclic amines) is 1. The maximum absolute atomic E-state index is 13.2. The number of alkyl halides is 3. The number of methoxy groups -OCH3 is 2. The molecule has 1 aliphatic heterocycles. The second-order valence-corrected chi connectivity index (χ2v) is 9.13. The van der Waals surface area contributed by atoms with E-state index in [1.54, 1.807) is 30.2 Å². The average Bonchev–Trinajstić information content (AvgIpc) is 3.40. The Morgan fingerprint density at radius 1 is 1.05 bits per heavy atom. The van der Waals surface area contributed by atoms with Gasteiger partial charge in [-0.25, -0.2) is 9.78 Å². The normalized spacial score (nSPS) is 15.0. The van der Waals surface area contributed by atoms with Crippen molar-refractivity contribution in [3.05, 3.63) is 59.5 Å². The van der Waals surface area contributed by atoms with Gasteiger partial charge in [-0.3, -0.25) is 9.59 Å². The van der Waals surface area contributed by atoms with Crippen molar-refractivity contribution in [2.24, 2.45) is 0 Å². The number of carbonyl (C=O) groups excluding carboxylic acids is 2. The highest BCUT2D eigenvalue weighted by Gasteiger charge is 2.38. The lowest BCUT2D eigenvalue weighted by Gasteiger charge is -2.34. The van der Waals surface area contributed by atoms with Crippen LogP contribution in [0.25, 0.3) is 11.3 Å². The summed E-state index contributed by atoms with van der Waals surface area (Å²) in [4.78, 5) is 41.4. The number of hydrogen-bond donors (Lipinski definition) is 2. The quantitative estimate of drug-likeness (QED) is 0.427. The summed E-state index contributed by atoms with van der Waals surface area (Å²) < 4.78 is 42.3. The number of para-hydroxylation sites is 1. The Balaban J connectivity index is 0.000000532. The van der Waals surface area contributed by atoms with E-state index in [2.05, 4.69) is 10.3 Å². The van der Waals surface area contributed by atoms with E-state index in [0.717, 1.165) is 29.8 Å². The number of nitrogens with zero attached hydrogens (tertiary/aromatic N) is 2. The number of rotatable bonds is 6. The summed E-state index contributed by atoms with van der Waals surface area (Å²) in [6.07, 6.45) is -2.71. The summed E-state index contributed by atoms with van der Waals surface area (Å²) in [6.45, 7) is 0.532. The second-order valence-electron chi connectivity index (χ2n) is 8.27. The van der Waals surface area contributed by atoms with Crippen molar-refractivity contribution in [1.29, 1.82) is 0 Å². The molecule has 1 atom stereocenters. The fourth-order valence-corrected chi connectivity index (χ4v) is 4.56. The van der Waals surface area contributed by atoms with E-state index in [9.17, 15) is 22.8 Å². The molecule has 1 saturated heterocycles. The van der Waals surface area contributed by atoms with E-state index in [-0.39, 0.29) is 11.8 Å². The highest BCUT2D eigenvalue weighted by atomic mass is 32.1. The molecule has 2 amide bonds. The lowest BCUT2D eigenvalue weighted by Crippen LogP contribution is -2.50. The number of hydrogen-bond acceptors (Lipinski definition) is 7. The zero-order chi connectivity index (χ0) is 28.6. The summed E-state index contributed by atoms with van der Waals surface area (Å²) in [5.74, 6) is -1.89. The molecule has 1 aliphatic rings. The fraction of sp³-hybridized carbons (Fsp3) is 0.308. The Labute approximate surface area is 226 Å². The van der Waals surface area contributed by atoms with Crippen LogP contribution in [0.3, 0.4) is 0 Å².